The molecule has 20 heavy (non-hydrogen) atoms. The van der Waals surface area contributed by atoms with Crippen LogP contribution in [0.1, 0.15) is 12.0 Å². The molecular formula is C15H17N3O2. The monoisotopic (exact) mass is 271 g/mol. The summed E-state index contributed by atoms with van der Waals surface area (Å²) in [6, 6.07) is 9.96. The van der Waals surface area contributed by atoms with Crippen LogP contribution in [0, 0.1) is 0 Å². The highest BCUT2D eigenvalue weighted by atomic mass is 16.4. The van der Waals surface area contributed by atoms with Gasteiger partial charge in [-0.2, -0.15) is 0 Å². The average molecular weight is 271 g/mol. The van der Waals surface area contributed by atoms with Gasteiger partial charge in [-0.05, 0) is 24.1 Å². The molecule has 1 aliphatic rings. The molecule has 0 bridgehead atoms. The number of nitrogens with two attached hydrogens (primary N) is 1. The molecule has 104 valence electrons. The zero-order valence-corrected chi connectivity index (χ0v) is 11.1. The van der Waals surface area contributed by atoms with Crippen molar-refractivity contribution < 1.29 is 9.90 Å². The Bertz CT molecular complexity index is 653. The molecule has 1 aromatic carbocycles. The molecule has 0 saturated carbocycles. The number of likely N-dealkylation sites (tertiary alicyclic amines) is 1. The summed E-state index contributed by atoms with van der Waals surface area (Å²) in [4.78, 5) is 17.6. The van der Waals surface area contributed by atoms with Gasteiger partial charge in [0.2, 0.25) is 0 Å². The first-order valence-electron chi connectivity index (χ1n) is 6.66. The predicted octanol–water partition coefficient (Wildman–Crippen LogP) is 1.22. The molecule has 2 aromatic rings. The van der Waals surface area contributed by atoms with Crippen molar-refractivity contribution in [2.75, 3.05) is 13.1 Å². The van der Waals surface area contributed by atoms with Crippen molar-refractivity contribution in [2.24, 2.45) is 5.73 Å². The van der Waals surface area contributed by atoms with E-state index in [1.54, 1.807) is 6.20 Å². The van der Waals surface area contributed by atoms with Crippen molar-refractivity contribution in [3.8, 4) is 0 Å². The number of para-hydroxylation sites is 1. The molecule has 1 saturated heterocycles. The van der Waals surface area contributed by atoms with Gasteiger partial charge in [-0.25, -0.2) is 0 Å². The number of carbonyl (C=O) groups is 1. The fraction of sp³-hybridized carbons (Fsp3) is 0.333. The average Bonchev–Trinajstić information content (AvgIpc) is 2.82. The maximum Gasteiger partial charge on any atom is 0.325 e. The van der Waals surface area contributed by atoms with Gasteiger partial charge in [-0.15, -0.1) is 0 Å². The van der Waals surface area contributed by atoms with Crippen LogP contribution in [0.3, 0.4) is 0 Å². The summed E-state index contributed by atoms with van der Waals surface area (Å²) >= 11 is 0. The maximum absolute atomic E-state index is 11.2. The van der Waals surface area contributed by atoms with Crippen LogP contribution >= 0.6 is 0 Å². The smallest absolute Gasteiger partial charge is 0.325 e. The van der Waals surface area contributed by atoms with E-state index in [4.69, 9.17) is 10.8 Å². The number of hydrogen-bond donors (Lipinski definition) is 2. The van der Waals surface area contributed by atoms with Gasteiger partial charge in [0.25, 0.3) is 0 Å². The van der Waals surface area contributed by atoms with E-state index in [0.717, 1.165) is 16.5 Å². The third-order valence-corrected chi connectivity index (χ3v) is 3.94. The summed E-state index contributed by atoms with van der Waals surface area (Å²) in [5.41, 5.74) is 6.91. The summed E-state index contributed by atoms with van der Waals surface area (Å²) in [5, 5.41) is 10.3. The number of rotatable bonds is 3. The molecule has 1 fully saturated rings. The number of hydrogen-bond acceptors (Lipinski definition) is 4. The summed E-state index contributed by atoms with van der Waals surface area (Å²) < 4.78 is 0. The van der Waals surface area contributed by atoms with E-state index in [1.807, 2.05) is 30.3 Å². The highest BCUT2D eigenvalue weighted by Crippen LogP contribution is 2.23. The second-order valence-electron chi connectivity index (χ2n) is 5.41. The molecule has 5 nitrogen and oxygen atoms in total. The Morgan fingerprint density at radius 1 is 1.40 bits per heavy atom. The van der Waals surface area contributed by atoms with Crippen LogP contribution in [0.15, 0.2) is 36.5 Å². The number of fused-ring (bicyclic) bond motifs is 1. The molecule has 0 spiro atoms. The number of pyridine rings is 1. The Hall–Kier alpha value is -1.98. The van der Waals surface area contributed by atoms with E-state index in [-0.39, 0.29) is 0 Å². The number of aliphatic carboxylic acids is 1. The van der Waals surface area contributed by atoms with E-state index in [9.17, 15) is 4.79 Å². The quantitative estimate of drug-likeness (QED) is 0.877. The summed E-state index contributed by atoms with van der Waals surface area (Å²) in [6.07, 6.45) is 2.28. The summed E-state index contributed by atoms with van der Waals surface area (Å²) in [7, 11) is 0. The van der Waals surface area contributed by atoms with Gasteiger partial charge in [-0.1, -0.05) is 18.2 Å². The molecule has 3 N–H and O–H groups in total. The van der Waals surface area contributed by atoms with Crippen molar-refractivity contribution in [2.45, 2.75) is 18.5 Å². The zero-order chi connectivity index (χ0) is 14.2. The normalized spacial score (nSPS) is 23.2. The lowest BCUT2D eigenvalue weighted by molar-refractivity contribution is -0.142. The third kappa shape index (κ3) is 2.26. The van der Waals surface area contributed by atoms with Gasteiger partial charge in [0, 0.05) is 31.2 Å². The largest absolute Gasteiger partial charge is 0.480 e. The van der Waals surface area contributed by atoms with Gasteiger partial charge in [0.05, 0.1) is 5.52 Å². The van der Waals surface area contributed by atoms with Crippen molar-refractivity contribution in [1.29, 1.82) is 0 Å². The number of aromatic nitrogens is 1. The predicted molar refractivity (Wildman–Crippen MR) is 76.2 cm³/mol. The first kappa shape index (κ1) is 13.0. The molecule has 1 unspecified atom stereocenters. The standard InChI is InChI=1S/C15H17N3O2/c16-15(14(19)20)6-8-18(10-15)9-11-5-7-17-13-4-2-1-3-12(11)13/h1-5,7H,6,8-10,16H2,(H,19,20). The number of carboxylic acids is 1. The van der Waals surface area contributed by atoms with E-state index in [0.29, 0.717) is 26.1 Å². The topological polar surface area (TPSA) is 79.5 Å². The van der Waals surface area contributed by atoms with Crippen LogP contribution in [-0.4, -0.2) is 39.6 Å². The van der Waals surface area contributed by atoms with Crippen LogP contribution < -0.4 is 5.73 Å². The third-order valence-electron chi connectivity index (χ3n) is 3.94. The van der Waals surface area contributed by atoms with Crippen LogP contribution in [-0.2, 0) is 11.3 Å². The first-order valence-corrected chi connectivity index (χ1v) is 6.66. The zero-order valence-electron chi connectivity index (χ0n) is 11.1. The lowest BCUT2D eigenvalue weighted by atomic mass is 10.0. The molecule has 0 aliphatic carbocycles. The molecular weight excluding hydrogens is 254 g/mol. The van der Waals surface area contributed by atoms with Crippen molar-refractivity contribution in [3.63, 3.8) is 0 Å². The minimum atomic E-state index is -1.11. The Kier molecular flexibility index (Phi) is 3.16. The lowest BCUT2D eigenvalue weighted by Crippen LogP contribution is -2.50. The van der Waals surface area contributed by atoms with E-state index in [1.165, 1.54) is 0 Å². The maximum atomic E-state index is 11.2. The molecule has 1 atom stereocenters. The lowest BCUT2D eigenvalue weighted by Gasteiger charge is -2.20. The SMILES string of the molecule is NC1(C(=O)O)CCN(Cc2ccnc3ccccc23)C1. The van der Waals surface area contributed by atoms with Crippen molar-refractivity contribution in [1.82, 2.24) is 9.88 Å². The van der Waals surface area contributed by atoms with E-state index >= 15 is 0 Å². The van der Waals surface area contributed by atoms with Crippen molar-refractivity contribution in [3.05, 3.63) is 42.1 Å². The minimum Gasteiger partial charge on any atom is -0.480 e. The molecule has 2 heterocycles. The van der Waals surface area contributed by atoms with Gasteiger partial charge in [0.1, 0.15) is 5.54 Å². The van der Waals surface area contributed by atoms with Crippen molar-refractivity contribution >= 4 is 16.9 Å². The van der Waals surface area contributed by atoms with Gasteiger partial charge in [-0.3, -0.25) is 14.7 Å². The van der Waals surface area contributed by atoms with Crippen LogP contribution in [0.4, 0.5) is 0 Å². The highest BCUT2D eigenvalue weighted by molar-refractivity contribution is 5.82. The van der Waals surface area contributed by atoms with Gasteiger partial charge in [0.15, 0.2) is 0 Å². The Morgan fingerprint density at radius 3 is 2.95 bits per heavy atom. The van der Waals surface area contributed by atoms with Gasteiger partial charge >= 0.3 is 5.97 Å². The second-order valence-corrected chi connectivity index (χ2v) is 5.41. The van der Waals surface area contributed by atoms with Crippen LogP contribution in [0.25, 0.3) is 10.9 Å². The Balaban J connectivity index is 1.83. The fourth-order valence-corrected chi connectivity index (χ4v) is 2.76. The molecule has 3 rings (SSSR count). The molecule has 0 radical (unpaired) electrons. The first-order chi connectivity index (χ1) is 9.58. The van der Waals surface area contributed by atoms with E-state index in [2.05, 4.69) is 9.88 Å². The Morgan fingerprint density at radius 2 is 2.20 bits per heavy atom. The molecule has 1 aliphatic heterocycles. The summed E-state index contributed by atoms with van der Waals surface area (Å²) in [5.74, 6) is -0.917. The number of benzene rings is 1. The Labute approximate surface area is 117 Å². The number of nitrogens with zero attached hydrogens (tertiary/aromatic N) is 2. The molecule has 1 aromatic heterocycles. The number of carboxylic acid groups (broad SMARTS) is 1. The highest BCUT2D eigenvalue weighted by Gasteiger charge is 2.41. The minimum absolute atomic E-state index is 0.388. The van der Waals surface area contributed by atoms with Crippen LogP contribution in [0.2, 0.25) is 0 Å². The van der Waals surface area contributed by atoms with Crippen LogP contribution in [0.5, 0.6) is 0 Å². The van der Waals surface area contributed by atoms with Gasteiger partial charge < -0.3 is 10.8 Å². The fourth-order valence-electron chi connectivity index (χ4n) is 2.76. The summed E-state index contributed by atoms with van der Waals surface area (Å²) in [6.45, 7) is 1.80. The molecule has 5 heteroatoms. The van der Waals surface area contributed by atoms with E-state index < -0.39 is 11.5 Å². The second kappa shape index (κ2) is 4.85. The molecule has 0 amide bonds.